The first-order chi connectivity index (χ1) is 8.29. The summed E-state index contributed by atoms with van der Waals surface area (Å²) in [5, 5.41) is 0. The van der Waals surface area contributed by atoms with Crippen LogP contribution in [0, 0.1) is 0 Å². The van der Waals surface area contributed by atoms with Crippen molar-refractivity contribution in [3.63, 3.8) is 0 Å². The predicted octanol–water partition coefficient (Wildman–Crippen LogP) is 5.18. The third-order valence-corrected chi connectivity index (χ3v) is 3.23. The van der Waals surface area contributed by atoms with Crippen LogP contribution in [0.2, 0.25) is 0 Å². The van der Waals surface area contributed by atoms with Crippen molar-refractivity contribution >= 4 is 28.1 Å². The van der Waals surface area contributed by atoms with E-state index in [0.29, 0.717) is 0 Å². The maximum Gasteiger partial charge on any atom is 0.0178 e. The van der Waals surface area contributed by atoms with Crippen molar-refractivity contribution in [2.45, 2.75) is 13.3 Å². The molecule has 86 valence electrons. The van der Waals surface area contributed by atoms with Gasteiger partial charge in [0, 0.05) is 4.47 Å². The lowest BCUT2D eigenvalue weighted by molar-refractivity contribution is 1.13. The molecule has 2 aromatic rings. The topological polar surface area (TPSA) is 0 Å². The van der Waals surface area contributed by atoms with E-state index in [1.807, 2.05) is 6.07 Å². The fourth-order valence-electron chi connectivity index (χ4n) is 1.79. The van der Waals surface area contributed by atoms with E-state index in [1.165, 1.54) is 16.7 Å². The van der Waals surface area contributed by atoms with Gasteiger partial charge >= 0.3 is 0 Å². The summed E-state index contributed by atoms with van der Waals surface area (Å²) in [6.45, 7) is 2.18. The summed E-state index contributed by atoms with van der Waals surface area (Å²) < 4.78 is 1.14. The lowest BCUT2D eigenvalue weighted by Crippen LogP contribution is -1.85. The Bertz CT molecular complexity index is 512. The molecule has 1 heteroatoms. The summed E-state index contributed by atoms with van der Waals surface area (Å²) in [6.07, 6.45) is 5.39. The van der Waals surface area contributed by atoms with Crippen LogP contribution in [-0.2, 0) is 6.42 Å². The van der Waals surface area contributed by atoms with Gasteiger partial charge in [0.15, 0.2) is 0 Å². The molecule has 0 aliphatic heterocycles. The normalized spacial score (nSPS) is 10.9. The number of rotatable bonds is 3. The third kappa shape index (κ3) is 3.31. The molecule has 2 aromatic carbocycles. The average Bonchev–Trinajstić information content (AvgIpc) is 2.38. The van der Waals surface area contributed by atoms with Gasteiger partial charge in [-0.05, 0) is 35.2 Å². The smallest absolute Gasteiger partial charge is 0.0178 e. The molecular weight excluding hydrogens is 272 g/mol. The molecule has 0 aliphatic carbocycles. The van der Waals surface area contributed by atoms with E-state index in [1.54, 1.807) is 0 Å². The summed E-state index contributed by atoms with van der Waals surface area (Å²) in [7, 11) is 0. The summed E-state index contributed by atoms with van der Waals surface area (Å²) in [5.41, 5.74) is 3.89. The lowest BCUT2D eigenvalue weighted by atomic mass is 10.0. The van der Waals surface area contributed by atoms with Crippen LogP contribution in [0.3, 0.4) is 0 Å². The third-order valence-electron chi connectivity index (χ3n) is 2.74. The summed E-state index contributed by atoms with van der Waals surface area (Å²) in [6, 6.07) is 16.8. The molecule has 17 heavy (non-hydrogen) atoms. The minimum Gasteiger partial charge on any atom is -0.0622 e. The second kappa shape index (κ2) is 5.83. The minimum atomic E-state index is 1.05. The van der Waals surface area contributed by atoms with Crippen molar-refractivity contribution < 1.29 is 0 Å². The van der Waals surface area contributed by atoms with Gasteiger partial charge in [-0.1, -0.05) is 71.4 Å². The van der Waals surface area contributed by atoms with Crippen molar-refractivity contribution in [3.8, 4) is 0 Å². The Morgan fingerprint density at radius 1 is 1.00 bits per heavy atom. The van der Waals surface area contributed by atoms with Gasteiger partial charge in [0.25, 0.3) is 0 Å². The minimum absolute atomic E-state index is 1.05. The van der Waals surface area contributed by atoms with Crippen LogP contribution in [0.15, 0.2) is 53.0 Å². The maximum absolute atomic E-state index is 3.51. The molecule has 0 atom stereocenters. The fourth-order valence-corrected chi connectivity index (χ4v) is 2.20. The molecule has 0 spiro atoms. The predicted molar refractivity (Wildman–Crippen MR) is 78.9 cm³/mol. The van der Waals surface area contributed by atoms with E-state index in [0.717, 1.165) is 10.9 Å². The van der Waals surface area contributed by atoms with E-state index in [9.17, 15) is 0 Å². The Morgan fingerprint density at radius 2 is 1.76 bits per heavy atom. The molecule has 0 unspecified atom stereocenters. The van der Waals surface area contributed by atoms with E-state index in [-0.39, 0.29) is 0 Å². The van der Waals surface area contributed by atoms with E-state index >= 15 is 0 Å². The van der Waals surface area contributed by atoms with Gasteiger partial charge in [-0.2, -0.15) is 0 Å². The van der Waals surface area contributed by atoms with Crippen molar-refractivity contribution in [2.24, 2.45) is 0 Å². The zero-order valence-corrected chi connectivity index (χ0v) is 11.4. The molecule has 0 nitrogen and oxygen atoms in total. The van der Waals surface area contributed by atoms with Gasteiger partial charge in [-0.15, -0.1) is 0 Å². The summed E-state index contributed by atoms with van der Waals surface area (Å²) >= 11 is 3.51. The molecule has 0 heterocycles. The molecule has 0 fully saturated rings. The summed E-state index contributed by atoms with van der Waals surface area (Å²) in [5.74, 6) is 0. The quantitative estimate of drug-likeness (QED) is 0.682. The molecule has 0 radical (unpaired) electrons. The average molecular weight is 287 g/mol. The standard InChI is InChI=1S/C16H15Br/c1-2-14-12-16(17)11-10-15(14)9-8-13-6-4-3-5-7-13/h3-12H,2H2,1H3/b9-8+. The van der Waals surface area contributed by atoms with E-state index in [2.05, 4.69) is 77.5 Å². The highest BCUT2D eigenvalue weighted by Crippen LogP contribution is 2.19. The Hall–Kier alpha value is -1.34. The maximum atomic E-state index is 3.51. The molecule has 0 N–H and O–H groups in total. The van der Waals surface area contributed by atoms with Crippen molar-refractivity contribution in [1.82, 2.24) is 0 Å². The fraction of sp³-hybridized carbons (Fsp3) is 0.125. The number of hydrogen-bond acceptors (Lipinski definition) is 0. The van der Waals surface area contributed by atoms with Gasteiger partial charge < -0.3 is 0 Å². The number of aryl methyl sites for hydroxylation is 1. The van der Waals surface area contributed by atoms with Crippen molar-refractivity contribution in [2.75, 3.05) is 0 Å². The molecular formula is C16H15Br. The monoisotopic (exact) mass is 286 g/mol. The molecule has 0 amide bonds. The van der Waals surface area contributed by atoms with Gasteiger partial charge in [0.2, 0.25) is 0 Å². The second-order valence-electron chi connectivity index (χ2n) is 3.94. The van der Waals surface area contributed by atoms with Crippen LogP contribution in [0.1, 0.15) is 23.6 Å². The first kappa shape index (κ1) is 12.1. The molecule has 0 bridgehead atoms. The van der Waals surface area contributed by atoms with Crippen LogP contribution in [0.4, 0.5) is 0 Å². The van der Waals surface area contributed by atoms with Gasteiger partial charge in [0.1, 0.15) is 0 Å². The molecule has 0 saturated heterocycles. The van der Waals surface area contributed by atoms with Crippen molar-refractivity contribution in [1.29, 1.82) is 0 Å². The van der Waals surface area contributed by atoms with E-state index in [4.69, 9.17) is 0 Å². The molecule has 0 aromatic heterocycles. The summed E-state index contributed by atoms with van der Waals surface area (Å²) in [4.78, 5) is 0. The first-order valence-electron chi connectivity index (χ1n) is 5.81. The van der Waals surface area contributed by atoms with Gasteiger partial charge in [0.05, 0.1) is 0 Å². The van der Waals surface area contributed by atoms with Crippen LogP contribution in [0.5, 0.6) is 0 Å². The first-order valence-corrected chi connectivity index (χ1v) is 6.60. The van der Waals surface area contributed by atoms with Crippen LogP contribution >= 0.6 is 15.9 Å². The highest BCUT2D eigenvalue weighted by molar-refractivity contribution is 9.10. The largest absolute Gasteiger partial charge is 0.0622 e. The van der Waals surface area contributed by atoms with Gasteiger partial charge in [-0.25, -0.2) is 0 Å². The van der Waals surface area contributed by atoms with Crippen molar-refractivity contribution in [3.05, 3.63) is 69.7 Å². The highest BCUT2D eigenvalue weighted by atomic mass is 79.9. The zero-order chi connectivity index (χ0) is 12.1. The van der Waals surface area contributed by atoms with Gasteiger partial charge in [-0.3, -0.25) is 0 Å². The molecule has 0 aliphatic rings. The number of benzene rings is 2. The molecule has 0 saturated carbocycles. The SMILES string of the molecule is CCc1cc(Br)ccc1/C=C/c1ccccc1. The Balaban J connectivity index is 2.27. The Morgan fingerprint density at radius 3 is 2.47 bits per heavy atom. The lowest BCUT2D eigenvalue weighted by Gasteiger charge is -2.03. The number of halogens is 1. The van der Waals surface area contributed by atoms with Crippen LogP contribution in [0.25, 0.3) is 12.2 Å². The number of hydrogen-bond donors (Lipinski definition) is 0. The van der Waals surface area contributed by atoms with Crippen LogP contribution in [-0.4, -0.2) is 0 Å². The Kier molecular flexibility index (Phi) is 4.16. The highest BCUT2D eigenvalue weighted by Gasteiger charge is 1.98. The Labute approximate surface area is 111 Å². The second-order valence-corrected chi connectivity index (χ2v) is 4.86. The van der Waals surface area contributed by atoms with E-state index < -0.39 is 0 Å². The molecule has 2 rings (SSSR count). The van der Waals surface area contributed by atoms with Crippen LogP contribution < -0.4 is 0 Å². The zero-order valence-electron chi connectivity index (χ0n) is 9.86.